The Labute approximate surface area is 89.1 Å². The van der Waals surface area contributed by atoms with Crippen LogP contribution in [0.25, 0.3) is 0 Å². The van der Waals surface area contributed by atoms with E-state index in [1.165, 1.54) is 6.92 Å². The van der Waals surface area contributed by atoms with Crippen molar-refractivity contribution in [2.45, 2.75) is 13.3 Å². The van der Waals surface area contributed by atoms with E-state index in [-0.39, 0.29) is 12.5 Å². The monoisotopic (exact) mass is 203 g/mol. The quantitative estimate of drug-likeness (QED) is 0.713. The molecule has 0 saturated heterocycles. The number of carbonyl (C=O) groups is 1. The van der Waals surface area contributed by atoms with Gasteiger partial charge in [-0.05, 0) is 24.3 Å². The summed E-state index contributed by atoms with van der Waals surface area (Å²) in [5.74, 6) is 5.64. The number of amides is 1. The first-order valence-corrected chi connectivity index (χ1v) is 4.70. The van der Waals surface area contributed by atoms with E-state index in [1.54, 1.807) is 12.1 Å². The smallest absolute Gasteiger partial charge is 0.221 e. The maximum Gasteiger partial charge on any atom is 0.221 e. The summed E-state index contributed by atoms with van der Waals surface area (Å²) in [7, 11) is 0. The Morgan fingerprint density at radius 2 is 2.07 bits per heavy atom. The zero-order valence-electron chi connectivity index (χ0n) is 8.58. The fraction of sp³-hybridized carbons (Fsp3) is 0.250. The second-order valence-electron chi connectivity index (χ2n) is 3.03. The maximum absolute atomic E-state index is 10.7. The Morgan fingerprint density at radius 3 is 2.60 bits per heavy atom. The van der Waals surface area contributed by atoms with Crippen LogP contribution in [0.2, 0.25) is 0 Å². The lowest BCUT2D eigenvalue weighted by Gasteiger charge is -2.00. The minimum absolute atomic E-state index is 0.0803. The van der Waals surface area contributed by atoms with Crippen molar-refractivity contribution in [3.05, 3.63) is 29.8 Å². The highest BCUT2D eigenvalue weighted by atomic mass is 16.2. The van der Waals surface area contributed by atoms with E-state index in [9.17, 15) is 4.79 Å². The highest BCUT2D eigenvalue weighted by Gasteiger charge is 1.93. The molecule has 0 aliphatic rings. The van der Waals surface area contributed by atoms with Gasteiger partial charge in [-0.15, -0.1) is 0 Å². The van der Waals surface area contributed by atoms with E-state index in [1.807, 2.05) is 12.1 Å². The molecule has 0 bridgehead atoms. The molecule has 0 fully saturated rings. The first-order chi connectivity index (χ1) is 7.22. The van der Waals surface area contributed by atoms with Crippen LogP contribution in [-0.4, -0.2) is 17.6 Å². The third kappa shape index (κ3) is 4.30. The number of benzene rings is 1. The zero-order chi connectivity index (χ0) is 11.1. The van der Waals surface area contributed by atoms with E-state index in [4.69, 9.17) is 5.11 Å². The number of aliphatic hydroxyl groups is 1. The standard InChI is InChI=1S/C12H13NO2/c1-10(15)13-12-7-5-11(6-8-12)4-2-3-9-14/h5-8,14H,3,9H2,1H3,(H,13,15). The molecule has 0 aliphatic carbocycles. The third-order valence-electron chi connectivity index (χ3n) is 1.67. The van der Waals surface area contributed by atoms with Gasteiger partial charge in [0.05, 0.1) is 6.61 Å². The second-order valence-corrected chi connectivity index (χ2v) is 3.03. The summed E-state index contributed by atoms with van der Waals surface area (Å²) in [4.78, 5) is 10.7. The minimum atomic E-state index is -0.0888. The Hall–Kier alpha value is -1.79. The Kier molecular flexibility index (Phi) is 4.39. The number of carbonyl (C=O) groups excluding carboxylic acids is 1. The summed E-state index contributed by atoms with van der Waals surface area (Å²) in [6, 6.07) is 7.25. The van der Waals surface area contributed by atoms with Crippen molar-refractivity contribution in [2.24, 2.45) is 0 Å². The van der Waals surface area contributed by atoms with E-state index in [2.05, 4.69) is 17.2 Å². The molecule has 0 aromatic heterocycles. The molecular weight excluding hydrogens is 190 g/mol. The number of nitrogens with one attached hydrogen (secondary N) is 1. The van der Waals surface area contributed by atoms with E-state index in [0.717, 1.165) is 11.3 Å². The summed E-state index contributed by atoms with van der Waals surface area (Å²) >= 11 is 0. The van der Waals surface area contributed by atoms with Crippen LogP contribution in [0.1, 0.15) is 18.9 Å². The van der Waals surface area contributed by atoms with Crippen molar-refractivity contribution < 1.29 is 9.90 Å². The van der Waals surface area contributed by atoms with E-state index in [0.29, 0.717) is 6.42 Å². The molecule has 1 amide bonds. The predicted octanol–water partition coefficient (Wildman–Crippen LogP) is 1.38. The van der Waals surface area contributed by atoms with Crippen LogP contribution in [0.4, 0.5) is 5.69 Å². The first-order valence-electron chi connectivity index (χ1n) is 4.70. The minimum Gasteiger partial charge on any atom is -0.395 e. The summed E-state index contributed by atoms with van der Waals surface area (Å²) < 4.78 is 0. The van der Waals surface area contributed by atoms with Crippen molar-refractivity contribution in [3.8, 4) is 11.8 Å². The number of aliphatic hydroxyl groups excluding tert-OH is 1. The van der Waals surface area contributed by atoms with E-state index >= 15 is 0 Å². The number of hydrogen-bond acceptors (Lipinski definition) is 2. The Balaban J connectivity index is 2.65. The second kappa shape index (κ2) is 5.84. The van der Waals surface area contributed by atoms with Crippen molar-refractivity contribution in [1.82, 2.24) is 0 Å². The predicted molar refractivity (Wildman–Crippen MR) is 59.3 cm³/mol. The van der Waals surface area contributed by atoms with Crippen LogP contribution < -0.4 is 5.32 Å². The normalized spacial score (nSPS) is 8.93. The molecule has 2 N–H and O–H groups in total. The topological polar surface area (TPSA) is 49.3 Å². The first kappa shape index (κ1) is 11.3. The van der Waals surface area contributed by atoms with Crippen LogP contribution in [-0.2, 0) is 4.79 Å². The zero-order valence-corrected chi connectivity index (χ0v) is 8.58. The van der Waals surface area contributed by atoms with Crippen LogP contribution in [0, 0.1) is 11.8 Å². The molecule has 3 nitrogen and oxygen atoms in total. The molecule has 0 saturated carbocycles. The molecule has 0 atom stereocenters. The average Bonchev–Trinajstić information content (AvgIpc) is 2.20. The summed E-state index contributed by atoms with van der Waals surface area (Å²) in [5, 5.41) is 11.2. The van der Waals surface area contributed by atoms with Gasteiger partial charge in [-0.1, -0.05) is 11.8 Å². The molecule has 78 valence electrons. The number of anilines is 1. The molecule has 3 heteroatoms. The lowest BCUT2D eigenvalue weighted by Crippen LogP contribution is -2.05. The van der Waals surface area contributed by atoms with Gasteiger partial charge in [0.15, 0.2) is 0 Å². The molecule has 1 rings (SSSR count). The van der Waals surface area contributed by atoms with Gasteiger partial charge in [0, 0.05) is 24.6 Å². The van der Waals surface area contributed by atoms with Gasteiger partial charge in [0.1, 0.15) is 0 Å². The fourth-order valence-electron chi connectivity index (χ4n) is 1.06. The summed E-state index contributed by atoms with van der Waals surface area (Å²) in [6.07, 6.45) is 0.480. The molecule has 1 aromatic rings. The van der Waals surface area contributed by atoms with Crippen molar-refractivity contribution in [3.63, 3.8) is 0 Å². The molecule has 0 unspecified atom stereocenters. The fourth-order valence-corrected chi connectivity index (χ4v) is 1.06. The maximum atomic E-state index is 10.7. The lowest BCUT2D eigenvalue weighted by atomic mass is 10.2. The molecule has 0 aliphatic heterocycles. The van der Waals surface area contributed by atoms with Gasteiger partial charge in [0.25, 0.3) is 0 Å². The van der Waals surface area contributed by atoms with Crippen molar-refractivity contribution in [1.29, 1.82) is 0 Å². The van der Waals surface area contributed by atoms with Crippen LogP contribution in [0.3, 0.4) is 0 Å². The highest BCUT2D eigenvalue weighted by Crippen LogP contribution is 2.08. The molecular formula is C12H13NO2. The van der Waals surface area contributed by atoms with Crippen molar-refractivity contribution >= 4 is 11.6 Å². The largest absolute Gasteiger partial charge is 0.395 e. The van der Waals surface area contributed by atoms with Gasteiger partial charge in [-0.2, -0.15) is 0 Å². The highest BCUT2D eigenvalue weighted by molar-refractivity contribution is 5.88. The van der Waals surface area contributed by atoms with Gasteiger partial charge >= 0.3 is 0 Å². The average molecular weight is 203 g/mol. The van der Waals surface area contributed by atoms with Crippen molar-refractivity contribution in [2.75, 3.05) is 11.9 Å². The molecule has 0 spiro atoms. The van der Waals surface area contributed by atoms with Gasteiger partial charge in [-0.3, -0.25) is 4.79 Å². The molecule has 0 radical (unpaired) electrons. The van der Waals surface area contributed by atoms with Crippen LogP contribution in [0.15, 0.2) is 24.3 Å². The number of rotatable bonds is 2. The molecule has 15 heavy (non-hydrogen) atoms. The number of hydrogen-bond donors (Lipinski definition) is 2. The van der Waals surface area contributed by atoms with Crippen LogP contribution in [0.5, 0.6) is 0 Å². The van der Waals surface area contributed by atoms with Gasteiger partial charge in [0.2, 0.25) is 5.91 Å². The molecule has 0 heterocycles. The SMILES string of the molecule is CC(=O)Nc1ccc(C#CCCO)cc1. The Bertz CT molecular complexity index is 384. The summed E-state index contributed by atoms with van der Waals surface area (Å²) in [6.45, 7) is 1.55. The van der Waals surface area contributed by atoms with Gasteiger partial charge < -0.3 is 10.4 Å². The van der Waals surface area contributed by atoms with E-state index < -0.39 is 0 Å². The van der Waals surface area contributed by atoms with Gasteiger partial charge in [-0.25, -0.2) is 0 Å². The Morgan fingerprint density at radius 1 is 1.40 bits per heavy atom. The lowest BCUT2D eigenvalue weighted by molar-refractivity contribution is -0.114. The summed E-state index contributed by atoms with van der Waals surface area (Å²) in [5.41, 5.74) is 1.63. The third-order valence-corrected chi connectivity index (χ3v) is 1.67. The van der Waals surface area contributed by atoms with Crippen LogP contribution >= 0.6 is 0 Å². The molecule has 1 aromatic carbocycles.